The Kier molecular flexibility index (Phi) is 8.59. The number of hydrogen-bond donors (Lipinski definition) is 4. The van der Waals surface area contributed by atoms with Gasteiger partial charge in [-0.05, 0) is 100 Å². The van der Waals surface area contributed by atoms with Gasteiger partial charge in [0.15, 0.2) is 11.3 Å². The Bertz CT molecular complexity index is 1710. The van der Waals surface area contributed by atoms with Gasteiger partial charge in [0, 0.05) is 22.9 Å². The average molecular weight is 595 g/mol. The van der Waals surface area contributed by atoms with E-state index in [9.17, 15) is 9.59 Å². The van der Waals surface area contributed by atoms with Crippen molar-refractivity contribution < 1.29 is 19.1 Å². The second-order valence-corrected chi connectivity index (χ2v) is 10.7. The van der Waals surface area contributed by atoms with Gasteiger partial charge in [0.2, 0.25) is 11.8 Å². The summed E-state index contributed by atoms with van der Waals surface area (Å²) in [6, 6.07) is 14.0. The van der Waals surface area contributed by atoms with Crippen molar-refractivity contribution in [3.05, 3.63) is 71.0 Å². The number of carbonyl (C=O) groups is 2. The number of aromatic amines is 1. The summed E-state index contributed by atoms with van der Waals surface area (Å²) in [7, 11) is 0. The van der Waals surface area contributed by atoms with E-state index in [1.54, 1.807) is 12.1 Å². The highest BCUT2D eigenvalue weighted by molar-refractivity contribution is 6.07. The number of pyridine rings is 4. The summed E-state index contributed by atoms with van der Waals surface area (Å²) in [4.78, 5) is 47.1. The molecule has 0 aromatic carbocycles. The van der Waals surface area contributed by atoms with E-state index in [0.29, 0.717) is 47.9 Å². The van der Waals surface area contributed by atoms with Gasteiger partial charge in [-0.1, -0.05) is 0 Å². The van der Waals surface area contributed by atoms with Crippen LogP contribution in [0.3, 0.4) is 0 Å². The summed E-state index contributed by atoms with van der Waals surface area (Å²) in [6.07, 6.45) is 3.73. The van der Waals surface area contributed by atoms with E-state index in [4.69, 9.17) is 9.47 Å². The highest BCUT2D eigenvalue weighted by Crippen LogP contribution is 2.24. The van der Waals surface area contributed by atoms with Gasteiger partial charge in [0.25, 0.3) is 11.8 Å². The first-order valence-corrected chi connectivity index (χ1v) is 14.8. The quantitative estimate of drug-likeness (QED) is 0.195. The first-order valence-electron chi connectivity index (χ1n) is 14.8. The lowest BCUT2D eigenvalue weighted by molar-refractivity contribution is 0.102. The number of carbonyl (C=O) groups excluding carboxylic acids is 2. The van der Waals surface area contributed by atoms with E-state index in [-0.39, 0.29) is 11.4 Å². The number of nitrogens with one attached hydrogen (secondary N) is 4. The Labute approximate surface area is 254 Å². The van der Waals surface area contributed by atoms with Crippen molar-refractivity contribution in [3.63, 3.8) is 0 Å². The van der Waals surface area contributed by atoms with Crippen molar-refractivity contribution in [2.45, 2.75) is 39.5 Å². The molecule has 6 heterocycles. The zero-order valence-electron chi connectivity index (χ0n) is 24.7. The van der Waals surface area contributed by atoms with Crippen LogP contribution in [0, 0.1) is 13.8 Å². The first-order chi connectivity index (χ1) is 21.4. The fraction of sp³-hybridized carbons (Fsp3) is 0.312. The Hall–Kier alpha value is -5.10. The van der Waals surface area contributed by atoms with Crippen LogP contribution < -0.4 is 25.4 Å². The van der Waals surface area contributed by atoms with E-state index in [1.807, 2.05) is 38.1 Å². The minimum Gasteiger partial charge on any atom is -0.478 e. The first kappa shape index (κ1) is 29.0. The molecular formula is C32H34N8O4. The Balaban J connectivity index is 1.23. The molecule has 226 valence electrons. The highest BCUT2D eigenvalue weighted by atomic mass is 16.5. The maximum absolute atomic E-state index is 13.0. The Morgan fingerprint density at radius 1 is 0.614 bits per heavy atom. The van der Waals surface area contributed by atoms with Gasteiger partial charge in [0.05, 0.1) is 13.2 Å². The molecule has 5 aromatic rings. The molecule has 0 radical (unpaired) electrons. The average Bonchev–Trinajstić information content (AvgIpc) is 3.50. The standard InChI is InChI=1S/C32H34N8O4/c1-19-17-27-39-29-21(19)7-11-25(35-29)37-31(41)23-9-10-24(34-23)32(42)38-26-12-8-22-20(2)18-28(40-30(22)36-26)44-16-6-4-14-33-13-3-5-15-43-27/h7-12,17-18,33-34H,3-6,13-16H2,1-2H3,(H,35,37,39,41)(H,36,38,40,42). The number of aromatic nitrogens is 5. The number of ether oxygens (including phenoxy) is 2. The van der Waals surface area contributed by atoms with Gasteiger partial charge in [-0.25, -0.2) is 9.97 Å². The van der Waals surface area contributed by atoms with E-state index >= 15 is 0 Å². The molecule has 6 rings (SSSR count). The van der Waals surface area contributed by atoms with E-state index in [0.717, 1.165) is 60.7 Å². The monoisotopic (exact) mass is 594 g/mol. The fourth-order valence-electron chi connectivity index (χ4n) is 4.98. The third-order valence-electron chi connectivity index (χ3n) is 7.37. The van der Waals surface area contributed by atoms with E-state index in [2.05, 4.69) is 40.9 Å². The molecule has 0 spiro atoms. The summed E-state index contributed by atoms with van der Waals surface area (Å²) in [5.41, 5.74) is 3.31. The third-order valence-corrected chi connectivity index (χ3v) is 7.37. The van der Waals surface area contributed by atoms with Crippen LogP contribution in [0.1, 0.15) is 57.8 Å². The predicted molar refractivity (Wildman–Crippen MR) is 168 cm³/mol. The maximum Gasteiger partial charge on any atom is 0.273 e. The van der Waals surface area contributed by atoms with E-state index in [1.165, 1.54) is 12.1 Å². The number of fused-ring (bicyclic) bond motifs is 6. The van der Waals surface area contributed by atoms with Crippen LogP contribution in [-0.2, 0) is 0 Å². The molecule has 2 amide bonds. The topological polar surface area (TPSA) is 156 Å². The normalized spacial score (nSPS) is 15.5. The lowest BCUT2D eigenvalue weighted by Crippen LogP contribution is -2.18. The van der Waals surface area contributed by atoms with E-state index < -0.39 is 11.8 Å². The van der Waals surface area contributed by atoms with Crippen molar-refractivity contribution in [2.75, 3.05) is 36.9 Å². The van der Waals surface area contributed by atoms with Gasteiger partial charge in [-0.3, -0.25) is 9.59 Å². The van der Waals surface area contributed by atoms with Gasteiger partial charge in [-0.2, -0.15) is 9.97 Å². The van der Waals surface area contributed by atoms with Gasteiger partial charge < -0.3 is 30.4 Å². The second kappa shape index (κ2) is 13.0. The largest absolute Gasteiger partial charge is 0.478 e. The number of anilines is 2. The molecule has 5 aromatic heterocycles. The third kappa shape index (κ3) is 6.76. The lowest BCUT2D eigenvalue weighted by atomic mass is 10.2. The maximum atomic E-state index is 13.0. The predicted octanol–water partition coefficient (Wildman–Crippen LogP) is 4.94. The molecule has 1 aliphatic heterocycles. The van der Waals surface area contributed by atoms with Crippen molar-refractivity contribution in [2.24, 2.45) is 0 Å². The minimum absolute atomic E-state index is 0.200. The fourth-order valence-corrected chi connectivity index (χ4v) is 4.98. The Morgan fingerprint density at radius 2 is 1.09 bits per heavy atom. The minimum atomic E-state index is -0.446. The molecule has 44 heavy (non-hydrogen) atoms. The smallest absolute Gasteiger partial charge is 0.273 e. The van der Waals surface area contributed by atoms with Crippen LogP contribution in [0.5, 0.6) is 11.8 Å². The van der Waals surface area contributed by atoms with Crippen LogP contribution in [0.2, 0.25) is 0 Å². The summed E-state index contributed by atoms with van der Waals surface area (Å²) in [5, 5.41) is 10.8. The lowest BCUT2D eigenvalue weighted by Gasteiger charge is -2.11. The van der Waals surface area contributed by atoms with Crippen LogP contribution in [0.4, 0.5) is 11.6 Å². The van der Waals surface area contributed by atoms with Crippen LogP contribution >= 0.6 is 0 Å². The number of H-pyrrole nitrogens is 1. The van der Waals surface area contributed by atoms with Crippen LogP contribution in [-0.4, -0.2) is 63.0 Å². The van der Waals surface area contributed by atoms with Crippen LogP contribution in [0.15, 0.2) is 48.5 Å². The number of hydrogen-bond acceptors (Lipinski definition) is 9. The summed E-state index contributed by atoms with van der Waals surface area (Å²) < 4.78 is 11.8. The molecule has 1 aliphatic rings. The SMILES string of the molecule is Cc1cc2nc3nc(ccc13)NC(=O)c1ccc([nH]1)C(=O)Nc1ccc3c(C)cc(nc3n1)OCCCCNCCCCO2. The molecule has 0 fully saturated rings. The second-order valence-electron chi connectivity index (χ2n) is 10.7. The number of rotatable bonds is 0. The molecule has 8 bridgehead atoms. The molecule has 4 N–H and O–H groups in total. The molecule has 0 aliphatic carbocycles. The zero-order valence-corrected chi connectivity index (χ0v) is 24.7. The van der Waals surface area contributed by atoms with Crippen molar-refractivity contribution in [3.8, 4) is 11.8 Å². The highest BCUT2D eigenvalue weighted by Gasteiger charge is 2.16. The molecule has 0 saturated heterocycles. The molecule has 12 heteroatoms. The summed E-state index contributed by atoms with van der Waals surface area (Å²) in [5.74, 6) is 0.762. The Morgan fingerprint density at radius 3 is 1.57 bits per heavy atom. The number of amides is 2. The van der Waals surface area contributed by atoms with Gasteiger partial charge >= 0.3 is 0 Å². The van der Waals surface area contributed by atoms with Gasteiger partial charge in [0.1, 0.15) is 23.0 Å². The summed E-state index contributed by atoms with van der Waals surface area (Å²) >= 11 is 0. The van der Waals surface area contributed by atoms with Crippen molar-refractivity contribution in [1.29, 1.82) is 0 Å². The molecule has 0 atom stereocenters. The molecule has 0 saturated carbocycles. The number of aryl methyl sites for hydroxylation is 2. The van der Waals surface area contributed by atoms with Gasteiger partial charge in [-0.15, -0.1) is 0 Å². The molecular weight excluding hydrogens is 560 g/mol. The molecule has 0 unspecified atom stereocenters. The zero-order chi connectivity index (χ0) is 30.5. The molecule has 12 nitrogen and oxygen atoms in total. The van der Waals surface area contributed by atoms with Crippen LogP contribution in [0.25, 0.3) is 22.1 Å². The van der Waals surface area contributed by atoms with Crippen molar-refractivity contribution in [1.82, 2.24) is 30.2 Å². The summed E-state index contributed by atoms with van der Waals surface area (Å²) in [6.45, 7) is 6.83. The number of nitrogens with zero attached hydrogens (tertiary/aromatic N) is 4. The van der Waals surface area contributed by atoms with Crippen molar-refractivity contribution >= 4 is 45.5 Å².